The van der Waals surface area contributed by atoms with Gasteiger partial charge in [-0.25, -0.2) is 0 Å². The standard InChI is InChI=1S/C11H25NO/c1-10(8-9-13)6-5-7-11(2)12(3)4/h10-11,13H,5-9H2,1-4H3. The number of hydrogen-bond acceptors (Lipinski definition) is 2. The average Bonchev–Trinajstić information content (AvgIpc) is 2.04. The van der Waals surface area contributed by atoms with Gasteiger partial charge in [-0.3, -0.25) is 0 Å². The van der Waals surface area contributed by atoms with Gasteiger partial charge in [0, 0.05) is 12.6 Å². The summed E-state index contributed by atoms with van der Waals surface area (Å²) in [6.07, 6.45) is 4.75. The first-order chi connectivity index (χ1) is 6.07. The number of aliphatic hydroxyl groups excluding tert-OH is 1. The first-order valence-corrected chi connectivity index (χ1v) is 5.35. The van der Waals surface area contributed by atoms with Gasteiger partial charge in [-0.15, -0.1) is 0 Å². The van der Waals surface area contributed by atoms with E-state index >= 15 is 0 Å². The van der Waals surface area contributed by atoms with Gasteiger partial charge in [-0.1, -0.05) is 19.8 Å². The van der Waals surface area contributed by atoms with Crippen molar-refractivity contribution in [2.24, 2.45) is 5.92 Å². The maximum Gasteiger partial charge on any atom is 0.0433 e. The Kier molecular flexibility index (Phi) is 7.29. The van der Waals surface area contributed by atoms with Gasteiger partial charge in [-0.2, -0.15) is 0 Å². The summed E-state index contributed by atoms with van der Waals surface area (Å²) >= 11 is 0. The van der Waals surface area contributed by atoms with Gasteiger partial charge < -0.3 is 10.0 Å². The third-order valence-corrected chi connectivity index (χ3v) is 2.82. The lowest BCUT2D eigenvalue weighted by atomic mass is 9.99. The predicted octanol–water partition coefficient (Wildman–Crippen LogP) is 2.13. The smallest absolute Gasteiger partial charge is 0.0433 e. The Morgan fingerprint density at radius 1 is 1.08 bits per heavy atom. The van der Waals surface area contributed by atoms with Crippen LogP contribution in [0.1, 0.15) is 39.5 Å². The molecule has 0 radical (unpaired) electrons. The molecule has 0 rings (SSSR count). The van der Waals surface area contributed by atoms with E-state index in [1.165, 1.54) is 19.3 Å². The van der Waals surface area contributed by atoms with Crippen LogP contribution in [0.3, 0.4) is 0 Å². The molecular formula is C11H25NO. The van der Waals surface area contributed by atoms with Crippen molar-refractivity contribution in [2.45, 2.75) is 45.6 Å². The van der Waals surface area contributed by atoms with Gasteiger partial charge >= 0.3 is 0 Å². The van der Waals surface area contributed by atoms with E-state index in [0.717, 1.165) is 6.42 Å². The molecule has 0 aliphatic heterocycles. The van der Waals surface area contributed by atoms with Crippen LogP contribution in [0.2, 0.25) is 0 Å². The molecular weight excluding hydrogens is 162 g/mol. The molecule has 0 fully saturated rings. The van der Waals surface area contributed by atoms with Crippen LogP contribution in [0.25, 0.3) is 0 Å². The van der Waals surface area contributed by atoms with Gasteiger partial charge in [0.15, 0.2) is 0 Å². The number of hydrogen-bond donors (Lipinski definition) is 1. The Bertz CT molecular complexity index is 115. The van der Waals surface area contributed by atoms with Crippen LogP contribution in [0.15, 0.2) is 0 Å². The molecule has 2 heteroatoms. The van der Waals surface area contributed by atoms with Gasteiger partial charge in [0.1, 0.15) is 0 Å². The van der Waals surface area contributed by atoms with Crippen molar-refractivity contribution in [3.8, 4) is 0 Å². The zero-order valence-corrected chi connectivity index (χ0v) is 9.58. The third-order valence-electron chi connectivity index (χ3n) is 2.82. The summed E-state index contributed by atoms with van der Waals surface area (Å²) in [5.74, 6) is 0.680. The summed E-state index contributed by atoms with van der Waals surface area (Å²) in [4.78, 5) is 2.26. The van der Waals surface area contributed by atoms with Crippen LogP contribution in [0.4, 0.5) is 0 Å². The highest BCUT2D eigenvalue weighted by molar-refractivity contribution is 4.61. The van der Waals surface area contributed by atoms with Crippen LogP contribution < -0.4 is 0 Å². The van der Waals surface area contributed by atoms with Crippen molar-refractivity contribution in [2.75, 3.05) is 20.7 Å². The summed E-state index contributed by atoms with van der Waals surface area (Å²) < 4.78 is 0. The average molecular weight is 187 g/mol. The predicted molar refractivity (Wildman–Crippen MR) is 57.9 cm³/mol. The molecule has 2 nitrogen and oxygen atoms in total. The van der Waals surface area contributed by atoms with Crippen molar-refractivity contribution in [1.29, 1.82) is 0 Å². The van der Waals surface area contributed by atoms with E-state index in [-0.39, 0.29) is 0 Å². The molecule has 0 aromatic heterocycles. The van der Waals surface area contributed by atoms with Crippen LogP contribution in [0, 0.1) is 5.92 Å². The van der Waals surface area contributed by atoms with Crippen molar-refractivity contribution in [1.82, 2.24) is 4.90 Å². The normalized spacial score (nSPS) is 16.2. The fraction of sp³-hybridized carbons (Fsp3) is 1.00. The number of nitrogens with zero attached hydrogens (tertiary/aromatic N) is 1. The van der Waals surface area contributed by atoms with Crippen LogP contribution in [0.5, 0.6) is 0 Å². The minimum atomic E-state index is 0.338. The highest BCUT2D eigenvalue weighted by Crippen LogP contribution is 2.13. The summed E-state index contributed by atoms with van der Waals surface area (Å²) in [5, 5.41) is 8.73. The quantitative estimate of drug-likeness (QED) is 0.660. The molecule has 2 atom stereocenters. The molecule has 0 bridgehead atoms. The molecule has 2 unspecified atom stereocenters. The maximum atomic E-state index is 8.73. The SMILES string of the molecule is CC(CCO)CCCC(C)N(C)C. The van der Waals surface area contributed by atoms with Gasteiger partial charge in [0.25, 0.3) is 0 Å². The Balaban J connectivity index is 3.33. The fourth-order valence-corrected chi connectivity index (χ4v) is 1.38. The Morgan fingerprint density at radius 3 is 2.15 bits per heavy atom. The first kappa shape index (κ1) is 12.9. The van der Waals surface area contributed by atoms with Crippen LogP contribution in [-0.4, -0.2) is 36.8 Å². The second kappa shape index (κ2) is 7.34. The van der Waals surface area contributed by atoms with Gasteiger partial charge in [-0.05, 0) is 39.8 Å². The minimum Gasteiger partial charge on any atom is -0.396 e. The Labute approximate surface area is 82.9 Å². The van der Waals surface area contributed by atoms with E-state index in [0.29, 0.717) is 18.6 Å². The summed E-state index contributed by atoms with van der Waals surface area (Å²) in [6, 6.07) is 0.682. The lowest BCUT2D eigenvalue weighted by Crippen LogP contribution is -2.24. The van der Waals surface area contributed by atoms with Crippen molar-refractivity contribution in [3.05, 3.63) is 0 Å². The molecule has 0 aliphatic rings. The third kappa shape index (κ3) is 7.03. The first-order valence-electron chi connectivity index (χ1n) is 5.35. The molecule has 0 saturated heterocycles. The molecule has 0 aliphatic carbocycles. The zero-order chi connectivity index (χ0) is 10.3. The lowest BCUT2D eigenvalue weighted by molar-refractivity contribution is 0.249. The molecule has 0 aromatic rings. The van der Waals surface area contributed by atoms with Crippen LogP contribution in [-0.2, 0) is 0 Å². The Hall–Kier alpha value is -0.0800. The highest BCUT2D eigenvalue weighted by Gasteiger charge is 2.06. The maximum absolute atomic E-state index is 8.73. The molecule has 0 saturated carbocycles. The molecule has 1 N–H and O–H groups in total. The van der Waals surface area contributed by atoms with Crippen molar-refractivity contribution in [3.63, 3.8) is 0 Å². The molecule has 0 amide bonds. The molecule has 80 valence electrons. The summed E-state index contributed by atoms with van der Waals surface area (Å²) in [6.45, 7) is 4.82. The zero-order valence-electron chi connectivity index (χ0n) is 9.58. The van der Waals surface area contributed by atoms with Crippen molar-refractivity contribution >= 4 is 0 Å². The molecule has 0 aromatic carbocycles. The van der Waals surface area contributed by atoms with E-state index in [4.69, 9.17) is 5.11 Å². The summed E-state index contributed by atoms with van der Waals surface area (Å²) in [5.41, 5.74) is 0. The molecule has 0 spiro atoms. The van der Waals surface area contributed by atoms with Gasteiger partial charge in [0.05, 0.1) is 0 Å². The van der Waals surface area contributed by atoms with E-state index in [2.05, 4.69) is 32.8 Å². The number of rotatable bonds is 7. The topological polar surface area (TPSA) is 23.5 Å². The van der Waals surface area contributed by atoms with Gasteiger partial charge in [0.2, 0.25) is 0 Å². The van der Waals surface area contributed by atoms with E-state index in [1.807, 2.05) is 0 Å². The van der Waals surface area contributed by atoms with E-state index in [9.17, 15) is 0 Å². The fourth-order valence-electron chi connectivity index (χ4n) is 1.38. The molecule has 13 heavy (non-hydrogen) atoms. The number of aliphatic hydroxyl groups is 1. The lowest BCUT2D eigenvalue weighted by Gasteiger charge is -2.20. The second-order valence-electron chi connectivity index (χ2n) is 4.36. The van der Waals surface area contributed by atoms with E-state index in [1.54, 1.807) is 0 Å². The monoisotopic (exact) mass is 187 g/mol. The van der Waals surface area contributed by atoms with Crippen molar-refractivity contribution < 1.29 is 5.11 Å². The highest BCUT2D eigenvalue weighted by atomic mass is 16.3. The summed E-state index contributed by atoms with van der Waals surface area (Å²) in [7, 11) is 4.25. The second-order valence-corrected chi connectivity index (χ2v) is 4.36. The largest absolute Gasteiger partial charge is 0.396 e. The van der Waals surface area contributed by atoms with Crippen LogP contribution >= 0.6 is 0 Å². The van der Waals surface area contributed by atoms with E-state index < -0.39 is 0 Å². The Morgan fingerprint density at radius 2 is 1.69 bits per heavy atom. The molecule has 0 heterocycles. The minimum absolute atomic E-state index is 0.338.